The van der Waals surface area contributed by atoms with Crippen LogP contribution in [0.15, 0.2) is 42.5 Å². The van der Waals surface area contributed by atoms with E-state index in [2.05, 4.69) is 54.7 Å². The Balaban J connectivity index is 2.04. The zero-order chi connectivity index (χ0) is 12.1. The molecule has 0 radical (unpaired) electrons. The second-order valence-electron chi connectivity index (χ2n) is 4.55. The Morgan fingerprint density at radius 1 is 1.12 bits per heavy atom. The first-order chi connectivity index (χ1) is 8.29. The van der Waals surface area contributed by atoms with Crippen molar-refractivity contribution in [1.29, 1.82) is 0 Å². The summed E-state index contributed by atoms with van der Waals surface area (Å²) in [4.78, 5) is 0. The van der Waals surface area contributed by atoms with E-state index in [-0.39, 0.29) is 0 Å². The molecule has 90 valence electrons. The maximum absolute atomic E-state index is 5.13. The van der Waals surface area contributed by atoms with Crippen LogP contribution in [0.25, 0.3) is 10.8 Å². The minimum absolute atomic E-state index is 0.506. The van der Waals surface area contributed by atoms with E-state index in [9.17, 15) is 0 Å². The SMILES string of the molecule is COC[C@H](C)[NH2+]Cc1ccc2ccccc2c1. The Labute approximate surface area is 103 Å². The highest BCUT2D eigenvalue weighted by atomic mass is 16.5. The molecule has 0 aromatic heterocycles. The summed E-state index contributed by atoms with van der Waals surface area (Å²) < 4.78 is 5.13. The molecular formula is C15H20NO+. The second-order valence-corrected chi connectivity index (χ2v) is 4.55. The molecule has 2 heteroatoms. The van der Waals surface area contributed by atoms with Gasteiger partial charge in [0.15, 0.2) is 0 Å². The van der Waals surface area contributed by atoms with Gasteiger partial charge in [0, 0.05) is 12.7 Å². The molecule has 0 spiro atoms. The summed E-state index contributed by atoms with van der Waals surface area (Å²) in [6.07, 6.45) is 0. The van der Waals surface area contributed by atoms with Crippen molar-refractivity contribution in [2.75, 3.05) is 13.7 Å². The average Bonchev–Trinajstić information content (AvgIpc) is 2.36. The smallest absolute Gasteiger partial charge is 0.107 e. The molecule has 17 heavy (non-hydrogen) atoms. The number of hydrogen-bond donors (Lipinski definition) is 1. The predicted molar refractivity (Wildman–Crippen MR) is 70.9 cm³/mol. The first-order valence-electron chi connectivity index (χ1n) is 6.09. The number of benzene rings is 2. The van der Waals surface area contributed by atoms with Gasteiger partial charge in [0.25, 0.3) is 0 Å². The highest BCUT2D eigenvalue weighted by Crippen LogP contribution is 2.14. The maximum atomic E-state index is 5.13. The van der Waals surface area contributed by atoms with Gasteiger partial charge in [-0.1, -0.05) is 36.4 Å². The van der Waals surface area contributed by atoms with Crippen molar-refractivity contribution in [3.63, 3.8) is 0 Å². The largest absolute Gasteiger partial charge is 0.379 e. The van der Waals surface area contributed by atoms with Gasteiger partial charge in [0.05, 0.1) is 6.61 Å². The highest BCUT2D eigenvalue weighted by molar-refractivity contribution is 5.82. The third kappa shape index (κ3) is 3.29. The van der Waals surface area contributed by atoms with Gasteiger partial charge >= 0.3 is 0 Å². The van der Waals surface area contributed by atoms with Crippen LogP contribution in [0.5, 0.6) is 0 Å². The molecule has 1 atom stereocenters. The molecule has 0 aliphatic carbocycles. The van der Waals surface area contributed by atoms with Crippen molar-refractivity contribution < 1.29 is 10.1 Å². The summed E-state index contributed by atoms with van der Waals surface area (Å²) in [6, 6.07) is 15.7. The van der Waals surface area contributed by atoms with Gasteiger partial charge in [-0.15, -0.1) is 0 Å². The summed E-state index contributed by atoms with van der Waals surface area (Å²) in [6.45, 7) is 3.99. The van der Waals surface area contributed by atoms with E-state index in [1.165, 1.54) is 16.3 Å². The summed E-state index contributed by atoms with van der Waals surface area (Å²) in [5.41, 5.74) is 1.37. The number of methoxy groups -OCH3 is 1. The molecular weight excluding hydrogens is 210 g/mol. The van der Waals surface area contributed by atoms with Crippen LogP contribution in [0.4, 0.5) is 0 Å². The Kier molecular flexibility index (Phi) is 4.13. The van der Waals surface area contributed by atoms with Gasteiger partial charge < -0.3 is 10.1 Å². The van der Waals surface area contributed by atoms with Gasteiger partial charge in [-0.25, -0.2) is 0 Å². The third-order valence-corrected chi connectivity index (χ3v) is 3.00. The zero-order valence-corrected chi connectivity index (χ0v) is 10.5. The molecule has 0 heterocycles. The molecule has 0 fully saturated rings. The van der Waals surface area contributed by atoms with Crippen molar-refractivity contribution in [2.45, 2.75) is 19.5 Å². The molecule has 0 aliphatic rings. The van der Waals surface area contributed by atoms with Gasteiger partial charge in [-0.3, -0.25) is 0 Å². The van der Waals surface area contributed by atoms with Crippen LogP contribution in [0.1, 0.15) is 12.5 Å². The van der Waals surface area contributed by atoms with E-state index in [1.54, 1.807) is 7.11 Å². The summed E-state index contributed by atoms with van der Waals surface area (Å²) >= 11 is 0. The lowest BCUT2D eigenvalue weighted by atomic mass is 10.1. The van der Waals surface area contributed by atoms with Crippen molar-refractivity contribution in [1.82, 2.24) is 0 Å². The maximum Gasteiger partial charge on any atom is 0.107 e. The van der Waals surface area contributed by atoms with Crippen LogP contribution >= 0.6 is 0 Å². The molecule has 2 aromatic carbocycles. The van der Waals surface area contributed by atoms with Crippen molar-refractivity contribution in [3.05, 3.63) is 48.0 Å². The van der Waals surface area contributed by atoms with E-state index in [1.807, 2.05) is 0 Å². The number of fused-ring (bicyclic) bond motifs is 1. The minimum atomic E-state index is 0.506. The van der Waals surface area contributed by atoms with E-state index in [0.29, 0.717) is 6.04 Å². The monoisotopic (exact) mass is 230 g/mol. The molecule has 2 nitrogen and oxygen atoms in total. The van der Waals surface area contributed by atoms with Crippen LogP contribution in [0.3, 0.4) is 0 Å². The van der Waals surface area contributed by atoms with Crippen molar-refractivity contribution >= 4 is 10.8 Å². The zero-order valence-electron chi connectivity index (χ0n) is 10.5. The lowest BCUT2D eigenvalue weighted by Crippen LogP contribution is -2.88. The molecule has 2 N–H and O–H groups in total. The van der Waals surface area contributed by atoms with Crippen LogP contribution in [-0.2, 0) is 11.3 Å². The number of nitrogens with two attached hydrogens (primary N) is 1. The standard InChI is InChI=1S/C15H19NO/c1-12(11-17-2)16-10-13-7-8-14-5-3-4-6-15(14)9-13/h3-9,12,16H,10-11H2,1-2H3/p+1/t12-/m0/s1. The Hall–Kier alpha value is -1.38. The van der Waals surface area contributed by atoms with E-state index in [0.717, 1.165) is 13.2 Å². The van der Waals surface area contributed by atoms with Gasteiger partial charge in [0.2, 0.25) is 0 Å². The van der Waals surface area contributed by atoms with Crippen LogP contribution < -0.4 is 5.32 Å². The summed E-state index contributed by atoms with van der Waals surface area (Å²) in [7, 11) is 1.75. The second kappa shape index (κ2) is 5.80. The number of hydrogen-bond acceptors (Lipinski definition) is 1. The fraction of sp³-hybridized carbons (Fsp3) is 0.333. The molecule has 2 rings (SSSR count). The fourth-order valence-corrected chi connectivity index (χ4v) is 2.03. The topological polar surface area (TPSA) is 25.8 Å². The number of ether oxygens (including phenoxy) is 1. The van der Waals surface area contributed by atoms with E-state index >= 15 is 0 Å². The third-order valence-electron chi connectivity index (χ3n) is 3.00. The summed E-state index contributed by atoms with van der Waals surface area (Å²) in [5.74, 6) is 0. The van der Waals surface area contributed by atoms with Gasteiger partial charge in [-0.05, 0) is 23.8 Å². The lowest BCUT2D eigenvalue weighted by Gasteiger charge is -2.09. The molecule has 2 aromatic rings. The molecule has 0 bridgehead atoms. The van der Waals surface area contributed by atoms with Crippen LogP contribution in [0, 0.1) is 0 Å². The van der Waals surface area contributed by atoms with Gasteiger partial charge in [-0.2, -0.15) is 0 Å². The minimum Gasteiger partial charge on any atom is -0.379 e. The Morgan fingerprint density at radius 3 is 2.65 bits per heavy atom. The van der Waals surface area contributed by atoms with E-state index in [4.69, 9.17) is 4.74 Å². The first kappa shape index (κ1) is 12.1. The molecule has 0 aliphatic heterocycles. The van der Waals surface area contributed by atoms with Gasteiger partial charge in [0.1, 0.15) is 12.6 Å². The Morgan fingerprint density at radius 2 is 1.88 bits per heavy atom. The summed E-state index contributed by atoms with van der Waals surface area (Å²) in [5, 5.41) is 4.94. The fourth-order valence-electron chi connectivity index (χ4n) is 2.03. The first-order valence-corrected chi connectivity index (χ1v) is 6.09. The van der Waals surface area contributed by atoms with E-state index < -0.39 is 0 Å². The quantitative estimate of drug-likeness (QED) is 0.834. The lowest BCUT2D eigenvalue weighted by molar-refractivity contribution is -0.702. The average molecular weight is 230 g/mol. The van der Waals surface area contributed by atoms with Crippen LogP contribution in [-0.4, -0.2) is 19.8 Å². The number of quaternary nitrogens is 1. The molecule has 0 saturated heterocycles. The predicted octanol–water partition coefficient (Wildman–Crippen LogP) is 1.94. The normalized spacial score (nSPS) is 12.8. The molecule has 0 unspecified atom stereocenters. The molecule has 0 amide bonds. The van der Waals surface area contributed by atoms with Crippen molar-refractivity contribution in [2.24, 2.45) is 0 Å². The van der Waals surface area contributed by atoms with Crippen molar-refractivity contribution in [3.8, 4) is 0 Å². The molecule has 0 saturated carbocycles. The Bertz CT molecular complexity index is 481. The number of rotatable bonds is 5. The highest BCUT2D eigenvalue weighted by Gasteiger charge is 2.04. The van der Waals surface area contributed by atoms with Crippen LogP contribution in [0.2, 0.25) is 0 Å².